The molecule has 0 radical (unpaired) electrons. The summed E-state index contributed by atoms with van der Waals surface area (Å²) in [7, 11) is 1.28. The fourth-order valence-corrected chi connectivity index (χ4v) is 3.16. The highest BCUT2D eigenvalue weighted by atomic mass is 32.2. The smallest absolute Gasteiger partial charge is 0.329 e. The van der Waals surface area contributed by atoms with Gasteiger partial charge in [-0.25, -0.2) is 4.79 Å². The Balaban J connectivity index is 1.91. The van der Waals surface area contributed by atoms with Gasteiger partial charge >= 0.3 is 5.97 Å². The van der Waals surface area contributed by atoms with Crippen LogP contribution in [0.15, 0.2) is 30.3 Å². The fourth-order valence-electron chi connectivity index (χ4n) is 2.10. The van der Waals surface area contributed by atoms with Gasteiger partial charge in [0.2, 0.25) is 11.8 Å². The Bertz CT molecular complexity index is 550. The van der Waals surface area contributed by atoms with Crippen LogP contribution in [0.25, 0.3) is 0 Å². The molecule has 2 N–H and O–H groups in total. The number of hydrogen-bond donors (Lipinski definition) is 2. The highest BCUT2D eigenvalue weighted by molar-refractivity contribution is 7.99. The second kappa shape index (κ2) is 7.84. The zero-order chi connectivity index (χ0) is 15.9. The lowest BCUT2D eigenvalue weighted by Gasteiger charge is -2.16. The Kier molecular flexibility index (Phi) is 5.83. The van der Waals surface area contributed by atoms with Crippen LogP contribution in [0.2, 0.25) is 0 Å². The number of ether oxygens (including phenoxy) is 1. The molecule has 7 heteroatoms. The van der Waals surface area contributed by atoms with Crippen molar-refractivity contribution >= 4 is 29.5 Å². The van der Waals surface area contributed by atoms with Crippen LogP contribution in [0.4, 0.5) is 0 Å². The van der Waals surface area contributed by atoms with E-state index in [1.165, 1.54) is 18.9 Å². The molecule has 1 aromatic carbocycles. The first-order chi connectivity index (χ1) is 10.6. The molecule has 2 atom stereocenters. The molecule has 1 aliphatic heterocycles. The molecule has 0 spiro atoms. The molecule has 1 fully saturated rings. The van der Waals surface area contributed by atoms with E-state index in [1.807, 2.05) is 30.3 Å². The summed E-state index contributed by atoms with van der Waals surface area (Å²) in [4.78, 5) is 35.6. The van der Waals surface area contributed by atoms with Crippen LogP contribution in [0.1, 0.15) is 5.56 Å². The first-order valence-electron chi connectivity index (χ1n) is 6.89. The molecule has 1 heterocycles. The van der Waals surface area contributed by atoms with Crippen LogP contribution in [0.3, 0.4) is 0 Å². The van der Waals surface area contributed by atoms with Crippen LogP contribution >= 0.6 is 11.8 Å². The molecule has 0 saturated carbocycles. The standard InChI is InChI=1S/C15H18N2O4S/c1-21-15(20)12-9-22-8-11(14(19)17-12)16-13(18)7-10-5-3-2-4-6-10/h2-6,11-12H,7-9H2,1H3,(H,16,18)(H,17,19)/t11-,12-/m0/s1. The summed E-state index contributed by atoms with van der Waals surface area (Å²) in [5, 5.41) is 5.31. The van der Waals surface area contributed by atoms with Crippen molar-refractivity contribution < 1.29 is 19.1 Å². The van der Waals surface area contributed by atoms with E-state index < -0.39 is 18.1 Å². The zero-order valence-corrected chi connectivity index (χ0v) is 13.0. The van der Waals surface area contributed by atoms with E-state index in [9.17, 15) is 14.4 Å². The van der Waals surface area contributed by atoms with E-state index in [0.29, 0.717) is 11.5 Å². The number of thioether (sulfide) groups is 1. The van der Waals surface area contributed by atoms with Crippen LogP contribution in [-0.4, -0.2) is 48.5 Å². The Morgan fingerprint density at radius 3 is 2.73 bits per heavy atom. The Labute approximate surface area is 133 Å². The lowest BCUT2D eigenvalue weighted by Crippen LogP contribution is -2.51. The van der Waals surface area contributed by atoms with Crippen LogP contribution in [-0.2, 0) is 25.5 Å². The summed E-state index contributed by atoms with van der Waals surface area (Å²) in [6.45, 7) is 0. The predicted molar refractivity (Wildman–Crippen MR) is 83.3 cm³/mol. The maximum atomic E-state index is 12.1. The Morgan fingerprint density at radius 1 is 1.32 bits per heavy atom. The molecular weight excluding hydrogens is 304 g/mol. The number of carbonyl (C=O) groups is 3. The molecule has 0 bridgehead atoms. The van der Waals surface area contributed by atoms with E-state index in [0.717, 1.165) is 5.56 Å². The highest BCUT2D eigenvalue weighted by Crippen LogP contribution is 2.12. The van der Waals surface area contributed by atoms with Crippen LogP contribution < -0.4 is 10.6 Å². The second-order valence-corrected chi connectivity index (χ2v) is 5.98. The fraction of sp³-hybridized carbons (Fsp3) is 0.400. The second-order valence-electron chi connectivity index (χ2n) is 4.90. The van der Waals surface area contributed by atoms with Gasteiger partial charge in [0.1, 0.15) is 12.1 Å². The van der Waals surface area contributed by atoms with E-state index in [-0.39, 0.29) is 18.2 Å². The number of methoxy groups -OCH3 is 1. The third kappa shape index (κ3) is 4.49. The number of benzene rings is 1. The van der Waals surface area contributed by atoms with Gasteiger partial charge in [0.15, 0.2) is 0 Å². The molecule has 118 valence electrons. The van der Waals surface area contributed by atoms with Crippen molar-refractivity contribution in [2.45, 2.75) is 18.5 Å². The third-order valence-electron chi connectivity index (χ3n) is 3.23. The van der Waals surface area contributed by atoms with Gasteiger partial charge in [-0.05, 0) is 5.56 Å². The van der Waals surface area contributed by atoms with Crippen molar-refractivity contribution in [3.05, 3.63) is 35.9 Å². The minimum atomic E-state index is -0.668. The minimum Gasteiger partial charge on any atom is -0.467 e. The quantitative estimate of drug-likeness (QED) is 0.769. The average Bonchev–Trinajstić information content (AvgIpc) is 2.70. The summed E-state index contributed by atoms with van der Waals surface area (Å²) in [5.74, 6) is -0.189. The lowest BCUT2D eigenvalue weighted by molar-refractivity contribution is -0.144. The number of rotatable bonds is 4. The van der Waals surface area contributed by atoms with Crippen LogP contribution in [0, 0.1) is 0 Å². The average molecular weight is 322 g/mol. The molecule has 1 aliphatic rings. The van der Waals surface area contributed by atoms with Gasteiger partial charge in [0, 0.05) is 11.5 Å². The van der Waals surface area contributed by atoms with Crippen molar-refractivity contribution in [3.63, 3.8) is 0 Å². The summed E-state index contributed by atoms with van der Waals surface area (Å²) in [5.41, 5.74) is 0.883. The number of amides is 2. The normalized spacial score (nSPS) is 21.4. The molecule has 0 unspecified atom stereocenters. The minimum absolute atomic E-state index is 0.218. The topological polar surface area (TPSA) is 84.5 Å². The van der Waals surface area contributed by atoms with Gasteiger partial charge in [-0.2, -0.15) is 11.8 Å². The van der Waals surface area contributed by atoms with E-state index in [2.05, 4.69) is 15.4 Å². The van der Waals surface area contributed by atoms with Crippen molar-refractivity contribution in [2.75, 3.05) is 18.6 Å². The zero-order valence-electron chi connectivity index (χ0n) is 12.2. The summed E-state index contributed by atoms with van der Waals surface area (Å²) >= 11 is 1.43. The maximum absolute atomic E-state index is 12.1. The van der Waals surface area contributed by atoms with Gasteiger partial charge in [-0.3, -0.25) is 9.59 Å². The molecular formula is C15H18N2O4S. The van der Waals surface area contributed by atoms with E-state index in [1.54, 1.807) is 0 Å². The molecule has 0 aliphatic carbocycles. The number of esters is 1. The van der Waals surface area contributed by atoms with Crippen molar-refractivity contribution in [1.29, 1.82) is 0 Å². The SMILES string of the molecule is COC(=O)[C@@H]1CSC[C@H](NC(=O)Cc2ccccc2)C(=O)N1. The molecule has 6 nitrogen and oxygen atoms in total. The van der Waals surface area contributed by atoms with E-state index >= 15 is 0 Å². The van der Waals surface area contributed by atoms with Gasteiger partial charge < -0.3 is 15.4 Å². The van der Waals surface area contributed by atoms with Gasteiger partial charge in [0.25, 0.3) is 0 Å². The first kappa shape index (κ1) is 16.4. The number of hydrogen-bond acceptors (Lipinski definition) is 5. The Morgan fingerprint density at radius 2 is 2.05 bits per heavy atom. The van der Waals surface area contributed by atoms with Gasteiger partial charge in [0.05, 0.1) is 13.5 Å². The van der Waals surface area contributed by atoms with Crippen molar-refractivity contribution in [3.8, 4) is 0 Å². The monoisotopic (exact) mass is 322 g/mol. The predicted octanol–water partition coefficient (Wildman–Crippen LogP) is 0.118. The third-order valence-corrected chi connectivity index (χ3v) is 4.37. The highest BCUT2D eigenvalue weighted by Gasteiger charge is 2.30. The van der Waals surface area contributed by atoms with Crippen molar-refractivity contribution in [2.24, 2.45) is 0 Å². The van der Waals surface area contributed by atoms with Gasteiger partial charge in [-0.1, -0.05) is 30.3 Å². The number of carbonyl (C=O) groups excluding carboxylic acids is 3. The van der Waals surface area contributed by atoms with Crippen LogP contribution in [0.5, 0.6) is 0 Å². The maximum Gasteiger partial charge on any atom is 0.329 e. The largest absolute Gasteiger partial charge is 0.467 e. The summed E-state index contributed by atoms with van der Waals surface area (Å²) < 4.78 is 4.63. The molecule has 1 saturated heterocycles. The summed E-state index contributed by atoms with van der Waals surface area (Å²) in [6.07, 6.45) is 0.218. The molecule has 0 aromatic heterocycles. The molecule has 2 rings (SSSR count). The number of nitrogens with one attached hydrogen (secondary N) is 2. The van der Waals surface area contributed by atoms with Gasteiger partial charge in [-0.15, -0.1) is 0 Å². The van der Waals surface area contributed by atoms with E-state index in [4.69, 9.17) is 0 Å². The molecule has 1 aromatic rings. The molecule has 22 heavy (non-hydrogen) atoms. The summed E-state index contributed by atoms with van der Waals surface area (Å²) in [6, 6.07) is 8.00. The molecule has 2 amide bonds. The Hall–Kier alpha value is -2.02. The van der Waals surface area contributed by atoms with Crippen molar-refractivity contribution in [1.82, 2.24) is 10.6 Å². The first-order valence-corrected chi connectivity index (χ1v) is 8.05. The lowest BCUT2D eigenvalue weighted by atomic mass is 10.1.